The molecule has 0 saturated heterocycles. The smallest absolute Gasteiger partial charge is 0.311 e. The van der Waals surface area contributed by atoms with Crippen LogP contribution in [0, 0.1) is 11.8 Å². The normalized spacial score (nSPS) is 28.0. The van der Waals surface area contributed by atoms with Gasteiger partial charge < -0.3 is 30.1 Å². The fourth-order valence-electron chi connectivity index (χ4n) is 5.68. The van der Waals surface area contributed by atoms with Crippen molar-refractivity contribution in [3.8, 4) is 0 Å². The first-order valence-corrected chi connectivity index (χ1v) is 12.1. The van der Waals surface area contributed by atoms with Gasteiger partial charge >= 0.3 is 5.97 Å². The van der Waals surface area contributed by atoms with Crippen LogP contribution >= 0.6 is 0 Å². The molecule has 4 N–H and O–H groups in total. The number of fused-ring (bicyclic) bond motifs is 1. The Hall–Kier alpha value is -2.78. The lowest BCUT2D eigenvalue weighted by Gasteiger charge is -2.60. The molecule has 0 radical (unpaired) electrons. The molecule has 8 heteroatoms. The molecule has 3 aliphatic carbocycles. The summed E-state index contributed by atoms with van der Waals surface area (Å²) in [5, 5.41) is 34.0. The van der Waals surface area contributed by atoms with Crippen molar-refractivity contribution in [2.45, 2.75) is 50.1 Å². The molecule has 0 aliphatic heterocycles. The van der Waals surface area contributed by atoms with Gasteiger partial charge in [0.15, 0.2) is 0 Å². The van der Waals surface area contributed by atoms with Crippen LogP contribution in [-0.4, -0.2) is 59.7 Å². The van der Waals surface area contributed by atoms with Crippen LogP contribution in [-0.2, 0) is 30.3 Å². The Kier molecular flexibility index (Phi) is 7.02. The first-order chi connectivity index (χ1) is 16.8. The number of benzene rings is 2. The van der Waals surface area contributed by atoms with E-state index >= 15 is 0 Å². The molecule has 0 saturated carbocycles. The lowest BCUT2D eigenvalue weighted by atomic mass is 9.49. The second-order valence-corrected chi connectivity index (χ2v) is 9.22. The maximum Gasteiger partial charge on any atom is 0.311 e. The Morgan fingerprint density at radius 1 is 0.829 bits per heavy atom. The standard InChI is InChI=1S/C27H33NO7/c1-4-16(29)14-34-26-18-10-6-8-12-20(18)27(35-15-17(30)5-2,21-13-9-7-11-19(21)26)23(25(32)33)22(26)24(31)28-3/h6-13,16-17,22-23,29-30H,4-5,14-15H2,1-3H3,(H,28,31)(H,32,33). The molecule has 4 atom stereocenters. The minimum atomic E-state index is -1.53. The molecule has 0 heterocycles. The average molecular weight is 484 g/mol. The number of aliphatic carboxylic acids is 1. The fourth-order valence-corrected chi connectivity index (χ4v) is 5.68. The van der Waals surface area contributed by atoms with Crippen molar-refractivity contribution in [3.63, 3.8) is 0 Å². The van der Waals surface area contributed by atoms with Gasteiger partial charge in [-0.05, 0) is 35.1 Å². The third-order valence-electron chi connectivity index (χ3n) is 7.41. The number of ether oxygens (including phenoxy) is 2. The van der Waals surface area contributed by atoms with Gasteiger partial charge in [-0.1, -0.05) is 62.4 Å². The van der Waals surface area contributed by atoms with E-state index in [1.54, 1.807) is 24.3 Å². The number of carbonyl (C=O) groups excluding carboxylic acids is 1. The van der Waals surface area contributed by atoms with E-state index in [-0.39, 0.29) is 13.2 Å². The predicted octanol–water partition coefficient (Wildman–Crippen LogP) is 2.14. The van der Waals surface area contributed by atoms with E-state index in [0.29, 0.717) is 35.1 Å². The first-order valence-electron chi connectivity index (χ1n) is 12.1. The summed E-state index contributed by atoms with van der Waals surface area (Å²) in [6, 6.07) is 14.5. The molecule has 188 valence electrons. The molecular formula is C27H33NO7. The summed E-state index contributed by atoms with van der Waals surface area (Å²) < 4.78 is 12.9. The van der Waals surface area contributed by atoms with Gasteiger partial charge in [0, 0.05) is 7.05 Å². The van der Waals surface area contributed by atoms with E-state index in [1.807, 2.05) is 38.1 Å². The number of nitrogens with one attached hydrogen (secondary N) is 1. The molecule has 2 aromatic carbocycles. The zero-order chi connectivity index (χ0) is 25.4. The third-order valence-corrected chi connectivity index (χ3v) is 7.41. The van der Waals surface area contributed by atoms with Crippen LogP contribution < -0.4 is 5.32 Å². The van der Waals surface area contributed by atoms with Gasteiger partial charge in [0.25, 0.3) is 0 Å². The van der Waals surface area contributed by atoms with E-state index in [4.69, 9.17) is 9.47 Å². The number of amides is 1. The van der Waals surface area contributed by atoms with Crippen molar-refractivity contribution in [2.24, 2.45) is 11.8 Å². The maximum atomic E-state index is 13.5. The molecule has 0 aromatic heterocycles. The van der Waals surface area contributed by atoms with Crippen molar-refractivity contribution in [3.05, 3.63) is 70.8 Å². The summed E-state index contributed by atoms with van der Waals surface area (Å²) in [4.78, 5) is 26.5. The number of hydrogen-bond donors (Lipinski definition) is 4. The number of carbonyl (C=O) groups is 2. The monoisotopic (exact) mass is 483 g/mol. The molecule has 5 rings (SSSR count). The van der Waals surface area contributed by atoms with Crippen LogP contribution in [0.4, 0.5) is 0 Å². The minimum absolute atomic E-state index is 0.0819. The average Bonchev–Trinajstić information content (AvgIpc) is 2.89. The van der Waals surface area contributed by atoms with Crippen LogP contribution in [0.1, 0.15) is 48.9 Å². The van der Waals surface area contributed by atoms with Crippen LogP contribution in [0.3, 0.4) is 0 Å². The Labute approximate surface area is 204 Å². The fraction of sp³-hybridized carbons (Fsp3) is 0.481. The van der Waals surface area contributed by atoms with Crippen molar-refractivity contribution < 1.29 is 34.4 Å². The SMILES string of the molecule is CCC(O)COC12c3ccccc3C(OCC(O)CC)(c3ccccc31)C(C(=O)NC)C2C(=O)O. The Morgan fingerprint density at radius 2 is 1.20 bits per heavy atom. The molecule has 0 spiro atoms. The van der Waals surface area contributed by atoms with Gasteiger partial charge in [-0.15, -0.1) is 0 Å². The second-order valence-electron chi connectivity index (χ2n) is 9.22. The third kappa shape index (κ3) is 3.67. The molecule has 2 bridgehead atoms. The van der Waals surface area contributed by atoms with E-state index < -0.39 is 47.1 Å². The highest BCUT2D eigenvalue weighted by Crippen LogP contribution is 2.65. The van der Waals surface area contributed by atoms with Gasteiger partial charge in [-0.25, -0.2) is 0 Å². The Morgan fingerprint density at radius 3 is 1.51 bits per heavy atom. The van der Waals surface area contributed by atoms with Crippen molar-refractivity contribution in [1.82, 2.24) is 5.32 Å². The summed E-state index contributed by atoms with van der Waals surface area (Å²) in [5.41, 5.74) is -0.568. The summed E-state index contributed by atoms with van der Waals surface area (Å²) in [6.07, 6.45) is -0.727. The van der Waals surface area contributed by atoms with Gasteiger partial charge in [0.2, 0.25) is 5.91 Å². The number of carboxylic acids is 1. The molecule has 2 aromatic rings. The van der Waals surface area contributed by atoms with Crippen molar-refractivity contribution in [2.75, 3.05) is 20.3 Å². The Bertz CT molecular complexity index is 1050. The quantitative estimate of drug-likeness (QED) is 0.408. The highest BCUT2D eigenvalue weighted by molar-refractivity contribution is 5.91. The number of aliphatic hydroxyl groups excluding tert-OH is 2. The molecular weight excluding hydrogens is 450 g/mol. The summed E-state index contributed by atoms with van der Waals surface area (Å²) in [6.45, 7) is 3.45. The second kappa shape index (κ2) is 9.70. The van der Waals surface area contributed by atoms with Crippen molar-refractivity contribution >= 4 is 11.9 Å². The number of rotatable bonds is 10. The molecule has 0 fully saturated rings. The Balaban J connectivity index is 2.09. The minimum Gasteiger partial charge on any atom is -0.481 e. The number of carboxylic acid groups (broad SMARTS) is 1. The highest BCUT2D eigenvalue weighted by atomic mass is 16.5. The van der Waals surface area contributed by atoms with Crippen LogP contribution in [0.15, 0.2) is 48.5 Å². The zero-order valence-corrected chi connectivity index (χ0v) is 20.2. The molecule has 3 aliphatic rings. The molecule has 4 unspecified atom stereocenters. The molecule has 8 nitrogen and oxygen atoms in total. The van der Waals surface area contributed by atoms with Gasteiger partial charge in [-0.3, -0.25) is 9.59 Å². The zero-order valence-electron chi connectivity index (χ0n) is 20.2. The molecule has 1 amide bonds. The van der Waals surface area contributed by atoms with Crippen LogP contribution in [0.5, 0.6) is 0 Å². The van der Waals surface area contributed by atoms with Crippen LogP contribution in [0.2, 0.25) is 0 Å². The first kappa shape index (κ1) is 25.3. The number of hydrogen-bond acceptors (Lipinski definition) is 6. The van der Waals surface area contributed by atoms with E-state index in [2.05, 4.69) is 5.32 Å². The molecule has 35 heavy (non-hydrogen) atoms. The predicted molar refractivity (Wildman–Crippen MR) is 128 cm³/mol. The largest absolute Gasteiger partial charge is 0.481 e. The topological polar surface area (TPSA) is 125 Å². The van der Waals surface area contributed by atoms with Gasteiger partial charge in [0.1, 0.15) is 17.1 Å². The lowest BCUT2D eigenvalue weighted by molar-refractivity contribution is -0.205. The van der Waals surface area contributed by atoms with Crippen molar-refractivity contribution in [1.29, 1.82) is 0 Å². The maximum absolute atomic E-state index is 13.5. The van der Waals surface area contributed by atoms with Gasteiger partial charge in [0.05, 0.1) is 31.3 Å². The van der Waals surface area contributed by atoms with E-state index in [0.717, 1.165) is 0 Å². The summed E-state index contributed by atoms with van der Waals surface area (Å²) in [7, 11) is 1.46. The van der Waals surface area contributed by atoms with E-state index in [9.17, 15) is 24.9 Å². The highest BCUT2D eigenvalue weighted by Gasteiger charge is 2.71. The van der Waals surface area contributed by atoms with Gasteiger partial charge in [-0.2, -0.15) is 0 Å². The lowest BCUT2D eigenvalue weighted by Crippen LogP contribution is -2.67. The van der Waals surface area contributed by atoms with E-state index in [1.165, 1.54) is 7.05 Å². The summed E-state index contributed by atoms with van der Waals surface area (Å²) >= 11 is 0. The number of aliphatic hydroxyl groups is 2. The van der Waals surface area contributed by atoms with Crippen LogP contribution in [0.25, 0.3) is 0 Å². The summed E-state index contributed by atoms with van der Waals surface area (Å²) in [5.74, 6) is -4.26.